The topological polar surface area (TPSA) is 45.0 Å². The Labute approximate surface area is 127 Å². The van der Waals surface area contributed by atoms with Crippen molar-refractivity contribution in [1.29, 1.82) is 5.26 Å². The van der Waals surface area contributed by atoms with E-state index in [2.05, 4.69) is 28.9 Å². The maximum Gasteiger partial charge on any atom is 0.141 e. The summed E-state index contributed by atoms with van der Waals surface area (Å²) in [5.41, 5.74) is 1.92. The second kappa shape index (κ2) is 5.86. The van der Waals surface area contributed by atoms with Crippen LogP contribution in [0.15, 0.2) is 53.9 Å². The number of nitrogens with zero attached hydrogens (tertiary/aromatic N) is 1. The molecule has 0 saturated carbocycles. The van der Waals surface area contributed by atoms with Gasteiger partial charge in [-0.15, -0.1) is 11.3 Å². The van der Waals surface area contributed by atoms with Crippen molar-refractivity contribution in [2.75, 3.05) is 12.4 Å². The number of anilines is 1. The monoisotopic (exact) mass is 294 g/mol. The first-order chi connectivity index (χ1) is 10.3. The lowest BCUT2D eigenvalue weighted by Gasteiger charge is -2.13. The molecule has 0 aliphatic heterocycles. The Morgan fingerprint density at radius 3 is 2.62 bits per heavy atom. The molecule has 0 aliphatic carbocycles. The van der Waals surface area contributed by atoms with Crippen molar-refractivity contribution in [3.63, 3.8) is 0 Å². The summed E-state index contributed by atoms with van der Waals surface area (Å²) >= 11 is 1.66. The van der Waals surface area contributed by atoms with Crippen LogP contribution in [-0.4, -0.2) is 7.11 Å². The van der Waals surface area contributed by atoms with Gasteiger partial charge in [-0.3, -0.25) is 0 Å². The third-order valence-corrected chi connectivity index (χ3v) is 4.33. The van der Waals surface area contributed by atoms with E-state index in [-0.39, 0.29) is 6.04 Å². The first-order valence-electron chi connectivity index (χ1n) is 6.58. The summed E-state index contributed by atoms with van der Waals surface area (Å²) in [5, 5.41) is 15.9. The van der Waals surface area contributed by atoms with Gasteiger partial charge in [-0.05, 0) is 41.1 Å². The second-order valence-electron chi connectivity index (χ2n) is 4.62. The van der Waals surface area contributed by atoms with Gasteiger partial charge in [0.1, 0.15) is 11.8 Å². The highest BCUT2D eigenvalue weighted by molar-refractivity contribution is 7.17. The fourth-order valence-corrected chi connectivity index (χ4v) is 3.24. The van der Waals surface area contributed by atoms with E-state index in [9.17, 15) is 5.26 Å². The van der Waals surface area contributed by atoms with Crippen LogP contribution in [0.2, 0.25) is 0 Å². The number of hydrogen-bond donors (Lipinski definition) is 1. The summed E-state index contributed by atoms with van der Waals surface area (Å²) in [7, 11) is 1.64. The fourth-order valence-electron chi connectivity index (χ4n) is 2.26. The number of fused-ring (bicyclic) bond motifs is 1. The van der Waals surface area contributed by atoms with Gasteiger partial charge in [0.2, 0.25) is 0 Å². The van der Waals surface area contributed by atoms with Crippen molar-refractivity contribution in [3.05, 3.63) is 59.5 Å². The molecular formula is C17H14N2OS. The molecule has 21 heavy (non-hydrogen) atoms. The van der Waals surface area contributed by atoms with E-state index in [0.29, 0.717) is 0 Å². The van der Waals surface area contributed by atoms with Crippen LogP contribution in [-0.2, 0) is 0 Å². The number of benzene rings is 2. The summed E-state index contributed by atoms with van der Waals surface area (Å²) in [4.78, 5) is 0. The quantitative estimate of drug-likeness (QED) is 0.765. The molecule has 0 spiro atoms. The summed E-state index contributed by atoms with van der Waals surface area (Å²) < 4.78 is 6.34. The average molecular weight is 294 g/mol. The number of nitrogens with one attached hydrogen (secondary N) is 1. The zero-order valence-corrected chi connectivity index (χ0v) is 12.4. The molecule has 3 rings (SSSR count). The van der Waals surface area contributed by atoms with Gasteiger partial charge in [0.15, 0.2) is 0 Å². The largest absolute Gasteiger partial charge is 0.497 e. The second-order valence-corrected chi connectivity index (χ2v) is 5.53. The highest BCUT2D eigenvalue weighted by Crippen LogP contribution is 2.32. The Kier molecular flexibility index (Phi) is 3.76. The molecule has 3 aromatic rings. The smallest absolute Gasteiger partial charge is 0.141 e. The average Bonchev–Trinajstić information content (AvgIpc) is 2.97. The Hall–Kier alpha value is -2.51. The summed E-state index contributed by atoms with van der Waals surface area (Å²) in [6.07, 6.45) is 0. The first-order valence-corrected chi connectivity index (χ1v) is 7.46. The standard InChI is InChI=1S/C17H14N2OS/c1-20-13-8-6-12(7-9-13)19-16(10-18)15-11-21-17-5-3-2-4-14(15)17/h2-9,11,16,19H,1H3. The van der Waals surface area contributed by atoms with Gasteiger partial charge in [-0.25, -0.2) is 0 Å². The van der Waals surface area contributed by atoms with Gasteiger partial charge in [-0.2, -0.15) is 5.26 Å². The van der Waals surface area contributed by atoms with Crippen LogP contribution >= 0.6 is 11.3 Å². The molecule has 0 bridgehead atoms. The van der Waals surface area contributed by atoms with Gasteiger partial charge in [0.05, 0.1) is 13.2 Å². The molecule has 0 amide bonds. The third kappa shape index (κ3) is 2.69. The molecule has 1 heterocycles. The molecular weight excluding hydrogens is 280 g/mol. The van der Waals surface area contributed by atoms with Gasteiger partial charge >= 0.3 is 0 Å². The fraction of sp³-hybridized carbons (Fsp3) is 0.118. The molecule has 1 aromatic heterocycles. The Balaban J connectivity index is 1.89. The normalized spacial score (nSPS) is 11.8. The van der Waals surface area contributed by atoms with Crippen LogP contribution in [0.25, 0.3) is 10.1 Å². The Morgan fingerprint density at radius 2 is 1.90 bits per heavy atom. The Morgan fingerprint density at radius 1 is 1.14 bits per heavy atom. The number of thiophene rings is 1. The van der Waals surface area contributed by atoms with E-state index < -0.39 is 0 Å². The van der Waals surface area contributed by atoms with E-state index in [0.717, 1.165) is 22.4 Å². The van der Waals surface area contributed by atoms with Gasteiger partial charge in [-0.1, -0.05) is 18.2 Å². The minimum absolute atomic E-state index is 0.366. The lowest BCUT2D eigenvalue weighted by atomic mass is 10.1. The number of methoxy groups -OCH3 is 1. The highest BCUT2D eigenvalue weighted by atomic mass is 32.1. The first kappa shape index (κ1) is 13.5. The molecule has 2 aromatic carbocycles. The van der Waals surface area contributed by atoms with Crippen LogP contribution in [0.3, 0.4) is 0 Å². The molecule has 1 atom stereocenters. The van der Waals surface area contributed by atoms with Crippen LogP contribution < -0.4 is 10.1 Å². The number of ether oxygens (including phenoxy) is 1. The molecule has 0 aliphatic rings. The van der Waals surface area contributed by atoms with Crippen molar-refractivity contribution in [2.24, 2.45) is 0 Å². The number of rotatable bonds is 4. The summed E-state index contributed by atoms with van der Waals surface area (Å²) in [6, 6.07) is 17.7. The Bertz CT molecular complexity index is 786. The molecule has 104 valence electrons. The van der Waals surface area contributed by atoms with Crippen molar-refractivity contribution in [1.82, 2.24) is 0 Å². The minimum Gasteiger partial charge on any atom is -0.497 e. The number of hydrogen-bond acceptors (Lipinski definition) is 4. The van der Waals surface area contributed by atoms with E-state index in [4.69, 9.17) is 4.74 Å². The SMILES string of the molecule is COc1ccc(NC(C#N)c2csc3ccccc23)cc1. The van der Waals surface area contributed by atoms with Crippen molar-refractivity contribution in [3.8, 4) is 11.8 Å². The van der Waals surface area contributed by atoms with Crippen LogP contribution in [0.5, 0.6) is 5.75 Å². The van der Waals surface area contributed by atoms with E-state index in [1.165, 1.54) is 4.70 Å². The lowest BCUT2D eigenvalue weighted by Crippen LogP contribution is -2.07. The highest BCUT2D eigenvalue weighted by Gasteiger charge is 2.15. The van der Waals surface area contributed by atoms with Crippen molar-refractivity contribution >= 4 is 27.1 Å². The molecule has 1 unspecified atom stereocenters. The van der Waals surface area contributed by atoms with E-state index >= 15 is 0 Å². The van der Waals surface area contributed by atoms with Crippen LogP contribution in [0.1, 0.15) is 11.6 Å². The third-order valence-electron chi connectivity index (χ3n) is 3.35. The van der Waals surface area contributed by atoms with E-state index in [1.54, 1.807) is 18.4 Å². The predicted octanol–water partition coefficient (Wildman–Crippen LogP) is 4.59. The molecule has 0 saturated heterocycles. The molecule has 0 fully saturated rings. The van der Waals surface area contributed by atoms with Gasteiger partial charge in [0.25, 0.3) is 0 Å². The molecule has 0 radical (unpaired) electrons. The summed E-state index contributed by atoms with van der Waals surface area (Å²) in [5.74, 6) is 0.801. The zero-order valence-electron chi connectivity index (χ0n) is 11.5. The van der Waals surface area contributed by atoms with Gasteiger partial charge in [0, 0.05) is 16.0 Å². The number of nitriles is 1. The minimum atomic E-state index is -0.366. The summed E-state index contributed by atoms with van der Waals surface area (Å²) in [6.45, 7) is 0. The maximum absolute atomic E-state index is 9.49. The zero-order chi connectivity index (χ0) is 14.7. The molecule has 4 heteroatoms. The van der Waals surface area contributed by atoms with Crippen molar-refractivity contribution < 1.29 is 4.74 Å². The maximum atomic E-state index is 9.49. The lowest BCUT2D eigenvalue weighted by molar-refractivity contribution is 0.415. The predicted molar refractivity (Wildman–Crippen MR) is 86.8 cm³/mol. The molecule has 1 N–H and O–H groups in total. The van der Waals surface area contributed by atoms with Crippen molar-refractivity contribution in [2.45, 2.75) is 6.04 Å². The van der Waals surface area contributed by atoms with E-state index in [1.807, 2.05) is 36.4 Å². The molecule has 3 nitrogen and oxygen atoms in total. The van der Waals surface area contributed by atoms with Crippen LogP contribution in [0.4, 0.5) is 5.69 Å². The van der Waals surface area contributed by atoms with Crippen LogP contribution in [0, 0.1) is 11.3 Å². The van der Waals surface area contributed by atoms with Gasteiger partial charge < -0.3 is 10.1 Å².